The van der Waals surface area contributed by atoms with Gasteiger partial charge in [0.2, 0.25) is 0 Å². The van der Waals surface area contributed by atoms with Crippen LogP contribution in [0.15, 0.2) is 0 Å². The molecule has 0 spiro atoms. The predicted molar refractivity (Wildman–Crippen MR) is 29.8 cm³/mol. The van der Waals surface area contributed by atoms with Crippen molar-refractivity contribution in [1.82, 2.24) is 0 Å². The maximum Gasteiger partial charge on any atom is -0.0210 e. The lowest BCUT2D eigenvalue weighted by Gasteiger charge is -2.24. The molecule has 0 amide bonds. The Hall–Kier alpha value is 0. The minimum atomic E-state index is 1.11. The topological polar surface area (TPSA) is 0 Å². The number of rotatable bonds is 1. The van der Waals surface area contributed by atoms with Gasteiger partial charge >= 0.3 is 0 Å². The first kappa shape index (κ1) is 3.94. The van der Waals surface area contributed by atoms with Crippen LogP contribution in [0.1, 0.15) is 32.1 Å². The molecule has 0 bridgehead atoms. The molecule has 2 saturated carbocycles. The molecular weight excluding hydrogens is 84.1 g/mol. The summed E-state index contributed by atoms with van der Waals surface area (Å²) in [7, 11) is 0. The van der Waals surface area contributed by atoms with Crippen LogP contribution in [0.3, 0.4) is 0 Å². The smallest absolute Gasteiger partial charge is 0.0210 e. The van der Waals surface area contributed by atoms with E-state index < -0.39 is 0 Å². The fraction of sp³-hybridized carbons (Fsp3) is 0.857. The van der Waals surface area contributed by atoms with Crippen molar-refractivity contribution in [2.45, 2.75) is 32.1 Å². The largest absolute Gasteiger partial charge is 0.0527 e. The Balaban J connectivity index is 1.83. The standard InChI is InChI=1S/C7H11/c1-2-6(3-1)7-4-5-7/h6H,1-5H2. The van der Waals surface area contributed by atoms with Crippen LogP contribution in [0.4, 0.5) is 0 Å². The van der Waals surface area contributed by atoms with Crippen molar-refractivity contribution in [2.75, 3.05) is 0 Å². The van der Waals surface area contributed by atoms with E-state index >= 15 is 0 Å². The molecule has 0 heterocycles. The van der Waals surface area contributed by atoms with Gasteiger partial charge in [0, 0.05) is 0 Å². The summed E-state index contributed by atoms with van der Waals surface area (Å²) in [5.74, 6) is 2.99. The van der Waals surface area contributed by atoms with Crippen LogP contribution in [0, 0.1) is 11.8 Å². The van der Waals surface area contributed by atoms with Gasteiger partial charge < -0.3 is 0 Å². The Morgan fingerprint density at radius 2 is 1.86 bits per heavy atom. The zero-order valence-corrected chi connectivity index (χ0v) is 4.61. The molecule has 1 radical (unpaired) electrons. The van der Waals surface area contributed by atoms with Crippen LogP contribution in [0.5, 0.6) is 0 Å². The van der Waals surface area contributed by atoms with Crippen LogP contribution in [0.25, 0.3) is 0 Å². The predicted octanol–water partition coefficient (Wildman–Crippen LogP) is 2.15. The Labute approximate surface area is 44.9 Å². The highest BCUT2D eigenvalue weighted by Gasteiger charge is 2.34. The monoisotopic (exact) mass is 95.1 g/mol. The molecule has 2 fully saturated rings. The van der Waals surface area contributed by atoms with Gasteiger partial charge in [-0.15, -0.1) is 0 Å². The molecule has 0 nitrogen and oxygen atoms in total. The molecule has 39 valence electrons. The van der Waals surface area contributed by atoms with Gasteiger partial charge in [0.25, 0.3) is 0 Å². The molecule has 2 aliphatic carbocycles. The molecule has 0 atom stereocenters. The van der Waals surface area contributed by atoms with Crippen molar-refractivity contribution in [1.29, 1.82) is 0 Å². The van der Waals surface area contributed by atoms with Crippen LogP contribution in [0.2, 0.25) is 0 Å². The lowest BCUT2D eigenvalue weighted by Crippen LogP contribution is -2.10. The van der Waals surface area contributed by atoms with Gasteiger partial charge in [-0.05, 0) is 37.5 Å². The highest BCUT2D eigenvalue weighted by molar-refractivity contribution is 5.12. The van der Waals surface area contributed by atoms with Crippen molar-refractivity contribution in [3.05, 3.63) is 5.92 Å². The second kappa shape index (κ2) is 1.24. The Kier molecular flexibility index (Phi) is 0.697. The Morgan fingerprint density at radius 1 is 1.14 bits per heavy atom. The average molecular weight is 95.2 g/mol. The van der Waals surface area contributed by atoms with Gasteiger partial charge in [-0.3, -0.25) is 0 Å². The van der Waals surface area contributed by atoms with Gasteiger partial charge in [0.05, 0.1) is 0 Å². The summed E-state index contributed by atoms with van der Waals surface area (Å²) in [4.78, 5) is 0. The van der Waals surface area contributed by atoms with E-state index in [9.17, 15) is 0 Å². The minimum Gasteiger partial charge on any atom is -0.0527 e. The maximum absolute atomic E-state index is 1.88. The molecule has 0 aromatic heterocycles. The third kappa shape index (κ3) is 0.568. The van der Waals surface area contributed by atoms with E-state index in [1.807, 2.05) is 5.92 Å². The first-order chi connectivity index (χ1) is 3.47. The summed E-state index contributed by atoms with van der Waals surface area (Å²) in [6, 6.07) is 0. The third-order valence-electron chi connectivity index (χ3n) is 2.22. The molecule has 0 aromatic carbocycles. The van der Waals surface area contributed by atoms with Gasteiger partial charge in [-0.1, -0.05) is 6.42 Å². The van der Waals surface area contributed by atoms with Crippen molar-refractivity contribution in [2.24, 2.45) is 5.92 Å². The van der Waals surface area contributed by atoms with E-state index in [-0.39, 0.29) is 0 Å². The first-order valence-corrected chi connectivity index (χ1v) is 3.31. The zero-order chi connectivity index (χ0) is 4.69. The molecule has 0 aliphatic heterocycles. The second-order valence-electron chi connectivity index (χ2n) is 2.79. The molecular formula is C7H11. The summed E-state index contributed by atoms with van der Waals surface area (Å²) < 4.78 is 0. The van der Waals surface area contributed by atoms with Gasteiger partial charge in [0.1, 0.15) is 0 Å². The summed E-state index contributed by atoms with van der Waals surface area (Å²) in [5.41, 5.74) is 0. The highest BCUT2D eigenvalue weighted by Crippen LogP contribution is 2.48. The van der Waals surface area contributed by atoms with E-state index in [0.29, 0.717) is 0 Å². The number of hydrogen-bond donors (Lipinski definition) is 0. The summed E-state index contributed by atoms with van der Waals surface area (Å²) >= 11 is 0. The van der Waals surface area contributed by atoms with E-state index in [1.54, 1.807) is 0 Å². The van der Waals surface area contributed by atoms with Gasteiger partial charge in [-0.2, -0.15) is 0 Å². The molecule has 2 rings (SSSR count). The van der Waals surface area contributed by atoms with Crippen molar-refractivity contribution in [3.8, 4) is 0 Å². The molecule has 0 saturated heterocycles. The molecule has 0 N–H and O–H groups in total. The minimum absolute atomic E-state index is 1.11. The fourth-order valence-corrected chi connectivity index (χ4v) is 1.30. The average Bonchev–Trinajstić information content (AvgIpc) is 2.10. The van der Waals surface area contributed by atoms with E-state index in [0.717, 1.165) is 5.92 Å². The molecule has 2 aliphatic rings. The molecule has 0 unspecified atom stereocenters. The van der Waals surface area contributed by atoms with Crippen LogP contribution >= 0.6 is 0 Å². The van der Waals surface area contributed by atoms with Crippen molar-refractivity contribution >= 4 is 0 Å². The first-order valence-electron chi connectivity index (χ1n) is 3.31. The van der Waals surface area contributed by atoms with Crippen LogP contribution in [-0.4, -0.2) is 0 Å². The quantitative estimate of drug-likeness (QED) is 0.468. The normalized spacial score (nSPS) is 32.6. The Bertz CT molecular complexity index is 68.1. The van der Waals surface area contributed by atoms with Gasteiger partial charge in [-0.25, -0.2) is 0 Å². The van der Waals surface area contributed by atoms with Gasteiger partial charge in [0.15, 0.2) is 0 Å². The number of hydrogen-bond acceptors (Lipinski definition) is 0. The summed E-state index contributed by atoms with van der Waals surface area (Å²) in [6.07, 6.45) is 7.51. The zero-order valence-electron chi connectivity index (χ0n) is 4.61. The lowest BCUT2D eigenvalue weighted by atomic mass is 9.82. The maximum atomic E-state index is 1.88. The SMILES string of the molecule is C1CC([C]2CC2)C1. The van der Waals surface area contributed by atoms with Crippen molar-refractivity contribution < 1.29 is 0 Å². The fourth-order valence-electron chi connectivity index (χ4n) is 1.30. The highest BCUT2D eigenvalue weighted by atomic mass is 14.4. The van der Waals surface area contributed by atoms with Crippen LogP contribution < -0.4 is 0 Å². The second-order valence-corrected chi connectivity index (χ2v) is 2.79. The Morgan fingerprint density at radius 3 is 2.00 bits per heavy atom. The molecule has 0 heteroatoms. The van der Waals surface area contributed by atoms with E-state index in [2.05, 4.69) is 0 Å². The van der Waals surface area contributed by atoms with E-state index in [4.69, 9.17) is 0 Å². The van der Waals surface area contributed by atoms with Crippen molar-refractivity contribution in [3.63, 3.8) is 0 Å². The molecule has 0 aromatic rings. The van der Waals surface area contributed by atoms with Crippen LogP contribution in [-0.2, 0) is 0 Å². The lowest BCUT2D eigenvalue weighted by molar-refractivity contribution is 0.353. The summed E-state index contributed by atoms with van der Waals surface area (Å²) in [5, 5.41) is 0. The summed E-state index contributed by atoms with van der Waals surface area (Å²) in [6.45, 7) is 0. The third-order valence-corrected chi connectivity index (χ3v) is 2.22. The van der Waals surface area contributed by atoms with E-state index in [1.165, 1.54) is 32.1 Å². The molecule has 7 heavy (non-hydrogen) atoms.